The van der Waals surface area contributed by atoms with Gasteiger partial charge in [0.05, 0.1) is 11.1 Å². The topological polar surface area (TPSA) is 51.3 Å². The first-order valence-corrected chi connectivity index (χ1v) is 12.9. The van der Waals surface area contributed by atoms with Crippen molar-refractivity contribution in [3.05, 3.63) is 107 Å². The van der Waals surface area contributed by atoms with Gasteiger partial charge < -0.3 is 15.2 Å². The molecule has 1 aliphatic rings. The maximum Gasteiger partial charge on any atom is 0.256 e. The average Bonchev–Trinajstić information content (AvgIpc) is 3.29. The monoisotopic (exact) mass is 483 g/mol. The summed E-state index contributed by atoms with van der Waals surface area (Å²) < 4.78 is 16.8. The Bertz CT molecular complexity index is 1350. The fourth-order valence-electron chi connectivity index (χ4n) is 5.59. The number of halogens is 1. The van der Waals surface area contributed by atoms with E-state index >= 15 is 0 Å². The second-order valence-corrected chi connectivity index (χ2v) is 9.92. The van der Waals surface area contributed by atoms with Crippen LogP contribution in [0.15, 0.2) is 72.9 Å². The lowest BCUT2D eigenvalue weighted by Crippen LogP contribution is -2.38. The minimum Gasteiger partial charge on any atom is -0.346 e. The maximum atomic E-state index is 14.5. The van der Waals surface area contributed by atoms with Crippen molar-refractivity contribution in [3.63, 3.8) is 0 Å². The number of likely N-dealkylation sites (tertiary alicyclic amines) is 1. The van der Waals surface area contributed by atoms with E-state index in [1.54, 1.807) is 6.07 Å². The minimum absolute atomic E-state index is 0.0713. The van der Waals surface area contributed by atoms with Crippen molar-refractivity contribution in [2.24, 2.45) is 5.73 Å². The molecule has 1 aromatic heterocycles. The zero-order chi connectivity index (χ0) is 25.1. The van der Waals surface area contributed by atoms with Crippen LogP contribution in [-0.2, 0) is 19.5 Å². The molecule has 0 aliphatic carbocycles. The number of hydrogen-bond donors (Lipinski definition) is 1. The second-order valence-electron chi connectivity index (χ2n) is 9.92. The molecule has 1 saturated heterocycles. The molecule has 1 aliphatic heterocycles. The molecule has 4 nitrogen and oxygen atoms in total. The molecule has 0 atom stereocenters. The summed E-state index contributed by atoms with van der Waals surface area (Å²) in [5.41, 5.74) is 11.9. The Labute approximate surface area is 212 Å². The van der Waals surface area contributed by atoms with Crippen LogP contribution in [0.1, 0.15) is 57.8 Å². The quantitative estimate of drug-likeness (QED) is 0.340. The Balaban J connectivity index is 1.32. The first kappa shape index (κ1) is 24.3. The van der Waals surface area contributed by atoms with Crippen LogP contribution in [0.2, 0.25) is 0 Å². The van der Waals surface area contributed by atoms with Crippen LogP contribution in [0, 0.1) is 12.7 Å². The summed E-state index contributed by atoms with van der Waals surface area (Å²) in [5.74, 6) is 0.00943. The first-order chi connectivity index (χ1) is 17.5. The molecule has 1 fully saturated rings. The molecular formula is C31H34FN3O. The molecule has 0 spiro atoms. The number of fused-ring (bicyclic) bond motifs is 1. The van der Waals surface area contributed by atoms with Crippen molar-refractivity contribution < 1.29 is 9.18 Å². The molecular weight excluding hydrogens is 449 g/mol. The highest BCUT2D eigenvalue weighted by molar-refractivity contribution is 6.07. The van der Waals surface area contributed by atoms with Crippen molar-refractivity contribution >= 4 is 16.8 Å². The fourth-order valence-corrected chi connectivity index (χ4v) is 5.59. The predicted octanol–water partition coefficient (Wildman–Crippen LogP) is 6.20. The van der Waals surface area contributed by atoms with Gasteiger partial charge in [-0.15, -0.1) is 0 Å². The third kappa shape index (κ3) is 4.93. The summed E-state index contributed by atoms with van der Waals surface area (Å²) in [4.78, 5) is 15.6. The van der Waals surface area contributed by atoms with E-state index in [4.69, 9.17) is 5.73 Å². The summed E-state index contributed by atoms with van der Waals surface area (Å²) in [6.07, 6.45) is 5.57. The number of carbonyl (C=O) groups excluding carboxylic acids is 1. The van der Waals surface area contributed by atoms with Crippen molar-refractivity contribution in [1.82, 2.24) is 9.47 Å². The molecule has 2 heterocycles. The van der Waals surface area contributed by atoms with Gasteiger partial charge in [0.15, 0.2) is 0 Å². The minimum atomic E-state index is -0.175. The number of nitrogens with zero attached hydrogens (tertiary/aromatic N) is 2. The number of piperidine rings is 1. The molecule has 2 N–H and O–H groups in total. The van der Waals surface area contributed by atoms with Gasteiger partial charge in [0.1, 0.15) is 5.82 Å². The van der Waals surface area contributed by atoms with Gasteiger partial charge in [-0.05, 0) is 66.8 Å². The Kier molecular flexibility index (Phi) is 7.19. The molecule has 0 saturated carbocycles. The van der Waals surface area contributed by atoms with Gasteiger partial charge >= 0.3 is 0 Å². The van der Waals surface area contributed by atoms with Crippen molar-refractivity contribution in [2.45, 2.75) is 51.6 Å². The number of carbonyl (C=O) groups is 1. The van der Waals surface area contributed by atoms with E-state index in [0.29, 0.717) is 19.6 Å². The van der Waals surface area contributed by atoms with Crippen molar-refractivity contribution in [3.8, 4) is 0 Å². The third-order valence-electron chi connectivity index (χ3n) is 7.56. The van der Waals surface area contributed by atoms with Crippen LogP contribution in [-0.4, -0.2) is 28.5 Å². The van der Waals surface area contributed by atoms with Crippen molar-refractivity contribution in [2.75, 3.05) is 13.1 Å². The summed E-state index contributed by atoms with van der Waals surface area (Å²) in [6, 6.07) is 21.9. The third-order valence-corrected chi connectivity index (χ3v) is 7.56. The number of para-hydroxylation sites is 1. The number of benzene rings is 3. The lowest BCUT2D eigenvalue weighted by molar-refractivity contribution is 0.0714. The van der Waals surface area contributed by atoms with E-state index < -0.39 is 0 Å². The maximum absolute atomic E-state index is 14.5. The Morgan fingerprint density at radius 1 is 1.00 bits per heavy atom. The van der Waals surface area contributed by atoms with Gasteiger partial charge in [0.2, 0.25) is 0 Å². The molecule has 5 heteroatoms. The highest BCUT2D eigenvalue weighted by Crippen LogP contribution is 2.32. The summed E-state index contributed by atoms with van der Waals surface area (Å²) >= 11 is 0. The van der Waals surface area contributed by atoms with E-state index in [0.717, 1.165) is 59.8 Å². The van der Waals surface area contributed by atoms with Gasteiger partial charge in [-0.25, -0.2) is 4.39 Å². The second kappa shape index (κ2) is 10.7. The van der Waals surface area contributed by atoms with Gasteiger partial charge in [0, 0.05) is 37.8 Å². The molecule has 3 aromatic carbocycles. The van der Waals surface area contributed by atoms with Gasteiger partial charge in [-0.3, -0.25) is 4.79 Å². The molecule has 0 unspecified atom stereocenters. The van der Waals surface area contributed by atoms with Crippen LogP contribution < -0.4 is 5.73 Å². The zero-order valence-corrected chi connectivity index (χ0v) is 20.9. The molecule has 5 rings (SSSR count). The van der Waals surface area contributed by atoms with E-state index in [-0.39, 0.29) is 17.6 Å². The van der Waals surface area contributed by atoms with Crippen LogP contribution in [0.3, 0.4) is 0 Å². The summed E-state index contributed by atoms with van der Waals surface area (Å²) in [7, 11) is 0. The van der Waals surface area contributed by atoms with Crippen LogP contribution in [0.4, 0.5) is 4.39 Å². The van der Waals surface area contributed by atoms with E-state index in [1.165, 1.54) is 17.2 Å². The van der Waals surface area contributed by atoms with Gasteiger partial charge in [0.25, 0.3) is 5.91 Å². The highest BCUT2D eigenvalue weighted by Gasteiger charge is 2.28. The molecule has 0 bridgehead atoms. The molecule has 0 radical (unpaired) electrons. The van der Waals surface area contributed by atoms with E-state index in [1.807, 2.05) is 29.3 Å². The Morgan fingerprint density at radius 3 is 2.53 bits per heavy atom. The van der Waals surface area contributed by atoms with E-state index in [9.17, 15) is 9.18 Å². The Morgan fingerprint density at radius 2 is 1.78 bits per heavy atom. The largest absolute Gasteiger partial charge is 0.346 e. The smallest absolute Gasteiger partial charge is 0.256 e. The van der Waals surface area contributed by atoms with Crippen LogP contribution in [0.25, 0.3) is 10.9 Å². The molecule has 36 heavy (non-hydrogen) atoms. The van der Waals surface area contributed by atoms with Crippen LogP contribution >= 0.6 is 0 Å². The number of hydrogen-bond acceptors (Lipinski definition) is 2. The lowest BCUT2D eigenvalue weighted by Gasteiger charge is -2.32. The summed E-state index contributed by atoms with van der Waals surface area (Å²) in [6.45, 7) is 4.63. The first-order valence-electron chi connectivity index (χ1n) is 12.9. The standard InChI is InChI=1S/C31H34FN3O/c1-22-7-5-11-26-28(21-35(30(22)26)16-6-10-23-8-3-2-4-9-23)31(36)34-17-14-25(15-18-34)27-19-24(20-33)12-13-29(27)32/h2-5,7-9,11-13,19,21,25H,6,10,14-18,20,33H2,1H3. The number of aryl methyl sites for hydroxylation is 3. The highest BCUT2D eigenvalue weighted by atomic mass is 19.1. The Hall–Kier alpha value is -3.44. The average molecular weight is 484 g/mol. The number of aromatic nitrogens is 1. The summed E-state index contributed by atoms with van der Waals surface area (Å²) in [5, 5.41) is 1.02. The number of nitrogens with two attached hydrogens (primary N) is 1. The van der Waals surface area contributed by atoms with Gasteiger partial charge in [-0.1, -0.05) is 60.7 Å². The van der Waals surface area contributed by atoms with Gasteiger partial charge in [-0.2, -0.15) is 0 Å². The normalized spacial score (nSPS) is 14.5. The predicted molar refractivity (Wildman–Crippen MR) is 144 cm³/mol. The number of amides is 1. The molecule has 4 aromatic rings. The SMILES string of the molecule is Cc1cccc2c(C(=O)N3CCC(c4cc(CN)ccc4F)CC3)cn(CCCc3ccccc3)c12. The molecule has 1 amide bonds. The van der Waals surface area contributed by atoms with Crippen molar-refractivity contribution in [1.29, 1.82) is 0 Å². The lowest BCUT2D eigenvalue weighted by atomic mass is 9.88. The zero-order valence-electron chi connectivity index (χ0n) is 20.9. The number of rotatable bonds is 7. The van der Waals surface area contributed by atoms with E-state index in [2.05, 4.69) is 47.9 Å². The molecule has 186 valence electrons. The fraction of sp³-hybridized carbons (Fsp3) is 0.323. The van der Waals surface area contributed by atoms with Crippen LogP contribution in [0.5, 0.6) is 0 Å².